The summed E-state index contributed by atoms with van der Waals surface area (Å²) in [5.41, 5.74) is 1.06. The van der Waals surface area contributed by atoms with Gasteiger partial charge < -0.3 is 19.7 Å². The van der Waals surface area contributed by atoms with E-state index in [9.17, 15) is 27.8 Å². The van der Waals surface area contributed by atoms with E-state index in [4.69, 9.17) is 9.47 Å². The van der Waals surface area contributed by atoms with Crippen molar-refractivity contribution in [3.05, 3.63) is 65.1 Å². The van der Waals surface area contributed by atoms with Crippen LogP contribution in [0.25, 0.3) is 10.9 Å². The molecule has 3 aromatic rings. The molecule has 1 atom stereocenters. The third-order valence-electron chi connectivity index (χ3n) is 7.51. The summed E-state index contributed by atoms with van der Waals surface area (Å²) in [5.74, 6) is -3.62. The lowest BCUT2D eigenvalue weighted by molar-refractivity contribution is 0.0204. The van der Waals surface area contributed by atoms with Crippen molar-refractivity contribution >= 4 is 10.9 Å². The number of likely N-dealkylation sites (tertiary alicyclic amines) is 1. The zero-order chi connectivity index (χ0) is 27.3. The topological polar surface area (TPSA) is 75.0 Å². The molecule has 1 saturated heterocycles. The number of piperidine rings is 1. The van der Waals surface area contributed by atoms with E-state index in [1.54, 1.807) is 18.2 Å². The van der Waals surface area contributed by atoms with Crippen molar-refractivity contribution in [1.82, 2.24) is 9.88 Å². The van der Waals surface area contributed by atoms with Gasteiger partial charge in [-0.25, -0.2) is 17.6 Å². The summed E-state index contributed by atoms with van der Waals surface area (Å²) in [5, 5.41) is 22.0. The number of fused-ring (bicyclic) bond motifs is 1. The average Bonchev–Trinajstić information content (AvgIpc) is 2.94. The molecule has 1 aromatic heterocycles. The molecule has 2 N–H and O–H groups in total. The molecule has 2 aromatic carbocycles. The van der Waals surface area contributed by atoms with Crippen LogP contribution < -0.4 is 9.47 Å². The number of rotatable bonds is 11. The predicted octanol–water partition coefficient (Wildman–Crippen LogP) is 5.10. The quantitative estimate of drug-likeness (QED) is 0.263. The Morgan fingerprint density at radius 1 is 1.08 bits per heavy atom. The summed E-state index contributed by atoms with van der Waals surface area (Å²) in [4.78, 5) is 6.41. The van der Waals surface area contributed by atoms with Crippen LogP contribution in [0, 0.1) is 22.9 Å². The second kappa shape index (κ2) is 12.3. The zero-order valence-corrected chi connectivity index (χ0v) is 21.2. The third kappa shape index (κ3) is 6.19. The molecule has 1 fully saturated rings. The maximum atomic E-state index is 13.8. The fourth-order valence-electron chi connectivity index (χ4n) is 5.09. The fraction of sp³-hybridized carbons (Fsp3) is 0.464. The Hall–Kier alpha value is -2.95. The highest BCUT2D eigenvalue weighted by molar-refractivity contribution is 5.85. The second-order valence-corrected chi connectivity index (χ2v) is 9.82. The van der Waals surface area contributed by atoms with Crippen molar-refractivity contribution < 1.29 is 37.2 Å². The molecule has 0 saturated carbocycles. The molecule has 1 aliphatic heterocycles. The largest absolute Gasteiger partial charge is 0.497 e. The van der Waals surface area contributed by atoms with Gasteiger partial charge in [-0.15, -0.1) is 0 Å². The van der Waals surface area contributed by atoms with Gasteiger partial charge in [-0.3, -0.25) is 9.88 Å². The SMILES string of the molecule is COc1ccc2ncc(CF)c([C@@H](O)CCC3(CO)CCN(CCOc4cc(F)c(F)c(F)c4)CC3)c2c1. The number of ether oxygens (including phenoxy) is 2. The van der Waals surface area contributed by atoms with Crippen molar-refractivity contribution in [1.29, 1.82) is 0 Å². The van der Waals surface area contributed by atoms with E-state index in [1.807, 2.05) is 0 Å². The van der Waals surface area contributed by atoms with Crippen molar-refractivity contribution in [2.45, 2.75) is 38.5 Å². The van der Waals surface area contributed by atoms with Gasteiger partial charge in [0, 0.05) is 42.4 Å². The molecule has 0 spiro atoms. The normalized spacial score (nSPS) is 16.5. The molecule has 2 heterocycles. The highest BCUT2D eigenvalue weighted by atomic mass is 19.2. The number of pyridine rings is 1. The monoisotopic (exact) mass is 536 g/mol. The van der Waals surface area contributed by atoms with Gasteiger partial charge in [0.2, 0.25) is 0 Å². The minimum absolute atomic E-state index is 0.0426. The van der Waals surface area contributed by atoms with Crippen molar-refractivity contribution in [2.75, 3.05) is 40.0 Å². The Morgan fingerprint density at radius 2 is 1.79 bits per heavy atom. The number of methoxy groups -OCH3 is 1. The van der Waals surface area contributed by atoms with E-state index >= 15 is 0 Å². The number of aromatic nitrogens is 1. The van der Waals surface area contributed by atoms with E-state index in [-0.39, 0.29) is 19.0 Å². The maximum Gasteiger partial charge on any atom is 0.194 e. The standard InChI is InChI=1S/C28H32F4N2O4/c1-37-19-2-3-24-21(12-19)26(18(15-29)16-33-24)25(36)4-5-28(17-35)6-8-34(9-7-28)10-11-38-20-13-22(30)27(32)23(31)14-20/h2-3,12-14,16,25,35-36H,4-11,15,17H2,1H3/t25-/m0/s1. The molecule has 10 heteroatoms. The van der Waals surface area contributed by atoms with E-state index in [0.717, 1.165) is 12.1 Å². The number of aliphatic hydroxyl groups is 2. The van der Waals surface area contributed by atoms with Crippen LogP contribution in [0.15, 0.2) is 36.5 Å². The Balaban J connectivity index is 1.34. The van der Waals surface area contributed by atoms with Gasteiger partial charge in [-0.05, 0) is 68.0 Å². The number of benzene rings is 2. The molecule has 0 unspecified atom stereocenters. The molecule has 4 rings (SSSR count). The first-order chi connectivity index (χ1) is 18.3. The summed E-state index contributed by atoms with van der Waals surface area (Å²) < 4.78 is 64.3. The Labute approximate surface area is 218 Å². The number of aliphatic hydroxyl groups excluding tert-OH is 2. The molecule has 0 aliphatic carbocycles. The van der Waals surface area contributed by atoms with Gasteiger partial charge in [0.15, 0.2) is 17.5 Å². The van der Waals surface area contributed by atoms with Crippen LogP contribution in [-0.4, -0.2) is 60.1 Å². The zero-order valence-electron chi connectivity index (χ0n) is 21.2. The number of nitrogens with zero attached hydrogens (tertiary/aromatic N) is 2. The van der Waals surface area contributed by atoms with E-state index in [2.05, 4.69) is 9.88 Å². The molecule has 0 radical (unpaired) electrons. The van der Waals surface area contributed by atoms with Gasteiger partial charge in [-0.1, -0.05) is 0 Å². The number of halogens is 4. The minimum atomic E-state index is -1.53. The van der Waals surface area contributed by atoms with E-state index < -0.39 is 35.6 Å². The van der Waals surface area contributed by atoms with Crippen LogP contribution in [0.2, 0.25) is 0 Å². The van der Waals surface area contributed by atoms with Crippen LogP contribution in [0.3, 0.4) is 0 Å². The van der Waals surface area contributed by atoms with Crippen LogP contribution in [0.1, 0.15) is 42.9 Å². The molecule has 0 bridgehead atoms. The first kappa shape index (κ1) is 28.1. The van der Waals surface area contributed by atoms with Gasteiger partial charge in [0.05, 0.1) is 18.7 Å². The number of hydrogen-bond donors (Lipinski definition) is 2. The first-order valence-electron chi connectivity index (χ1n) is 12.6. The van der Waals surface area contributed by atoms with Gasteiger partial charge in [0.25, 0.3) is 0 Å². The molecule has 6 nitrogen and oxygen atoms in total. The molecule has 0 amide bonds. The lowest BCUT2D eigenvalue weighted by Gasteiger charge is -2.41. The summed E-state index contributed by atoms with van der Waals surface area (Å²) in [6.07, 6.45) is 2.75. The van der Waals surface area contributed by atoms with E-state index in [1.165, 1.54) is 13.3 Å². The number of alkyl halides is 1. The van der Waals surface area contributed by atoms with Crippen LogP contribution in [-0.2, 0) is 6.67 Å². The molecule has 38 heavy (non-hydrogen) atoms. The highest BCUT2D eigenvalue weighted by Crippen LogP contribution is 2.40. The van der Waals surface area contributed by atoms with Crippen LogP contribution in [0.5, 0.6) is 11.5 Å². The van der Waals surface area contributed by atoms with Crippen molar-refractivity contribution in [3.63, 3.8) is 0 Å². The Bertz CT molecular complexity index is 1220. The minimum Gasteiger partial charge on any atom is -0.497 e. The van der Waals surface area contributed by atoms with Crippen LogP contribution in [0.4, 0.5) is 17.6 Å². The van der Waals surface area contributed by atoms with Crippen LogP contribution >= 0.6 is 0 Å². The molecular weight excluding hydrogens is 504 g/mol. The van der Waals surface area contributed by atoms with Gasteiger partial charge in [-0.2, -0.15) is 0 Å². The smallest absolute Gasteiger partial charge is 0.194 e. The lowest BCUT2D eigenvalue weighted by atomic mass is 9.74. The van der Waals surface area contributed by atoms with Crippen molar-refractivity contribution in [3.8, 4) is 11.5 Å². The third-order valence-corrected chi connectivity index (χ3v) is 7.51. The lowest BCUT2D eigenvalue weighted by Crippen LogP contribution is -2.43. The Morgan fingerprint density at radius 3 is 2.42 bits per heavy atom. The van der Waals surface area contributed by atoms with Gasteiger partial charge in [0.1, 0.15) is 24.8 Å². The summed E-state index contributed by atoms with van der Waals surface area (Å²) in [7, 11) is 1.54. The number of hydrogen-bond acceptors (Lipinski definition) is 6. The summed E-state index contributed by atoms with van der Waals surface area (Å²) in [6, 6.07) is 6.90. The van der Waals surface area contributed by atoms with E-state index in [0.29, 0.717) is 73.1 Å². The Kier molecular flexibility index (Phi) is 9.07. The predicted molar refractivity (Wildman–Crippen MR) is 134 cm³/mol. The molecular formula is C28H32F4N2O4. The fourth-order valence-corrected chi connectivity index (χ4v) is 5.09. The molecule has 206 valence electrons. The summed E-state index contributed by atoms with van der Waals surface area (Å²) in [6.45, 7) is 1.19. The van der Waals surface area contributed by atoms with Gasteiger partial charge >= 0.3 is 0 Å². The molecule has 1 aliphatic rings. The van der Waals surface area contributed by atoms with Crippen molar-refractivity contribution in [2.24, 2.45) is 5.41 Å². The summed E-state index contributed by atoms with van der Waals surface area (Å²) >= 11 is 0. The first-order valence-corrected chi connectivity index (χ1v) is 12.6. The maximum absolute atomic E-state index is 13.8. The second-order valence-electron chi connectivity index (χ2n) is 9.82. The average molecular weight is 537 g/mol. The highest BCUT2D eigenvalue weighted by Gasteiger charge is 2.34.